The van der Waals surface area contributed by atoms with Gasteiger partial charge in [0, 0.05) is 56.6 Å². The minimum atomic E-state index is -1.13. The summed E-state index contributed by atoms with van der Waals surface area (Å²) in [6.45, 7) is -0.643. The lowest BCUT2D eigenvalue weighted by molar-refractivity contribution is 0.281. The van der Waals surface area contributed by atoms with Gasteiger partial charge < -0.3 is 59.0 Å². The number of nitrogens with zero attached hydrogens (tertiary/aromatic N) is 4. The Bertz CT molecular complexity index is 4110. The number of ether oxygens (including phenoxy) is 4. The third kappa shape index (κ3) is 10.3. The molecule has 0 fully saturated rings. The second-order valence-electron chi connectivity index (χ2n) is 23.0. The van der Waals surface area contributed by atoms with Crippen LogP contribution in [0.1, 0.15) is 44.5 Å². The fourth-order valence-corrected chi connectivity index (χ4v) is 13.8. The van der Waals surface area contributed by atoms with Gasteiger partial charge in [-0.1, -0.05) is 109 Å². The molecule has 0 atom stereocenters. The summed E-state index contributed by atoms with van der Waals surface area (Å²) in [6, 6.07) is 91.1. The molecule has 0 amide bonds. The Labute approximate surface area is 541 Å². The molecule has 12 nitrogen and oxygen atoms in total. The van der Waals surface area contributed by atoms with Crippen molar-refractivity contribution in [2.75, 3.05) is 48.0 Å². The molecule has 12 aromatic rings. The number of methoxy groups -OCH3 is 4. The lowest BCUT2D eigenvalue weighted by Crippen LogP contribution is -2.27. The Morgan fingerprint density at radius 1 is 0.269 bits per heavy atom. The van der Waals surface area contributed by atoms with Crippen LogP contribution in [0.3, 0.4) is 0 Å². The molecule has 0 radical (unpaired) electrons. The van der Waals surface area contributed by atoms with Crippen molar-refractivity contribution in [3.05, 3.63) is 311 Å². The Morgan fingerprint density at radius 2 is 0.538 bits per heavy atom. The zero-order chi connectivity index (χ0) is 63.7. The van der Waals surface area contributed by atoms with E-state index in [9.17, 15) is 20.4 Å². The predicted molar refractivity (Wildman–Crippen MR) is 371 cm³/mol. The number of aliphatic hydroxyl groups is 4. The van der Waals surface area contributed by atoms with E-state index in [1.807, 2.05) is 158 Å². The molecule has 93 heavy (non-hydrogen) atoms. The van der Waals surface area contributed by atoms with E-state index < -0.39 is 5.41 Å². The standard InChI is InChI=1S/C81H68N4O8/c1-90-65-37-29-59(30-38-65)84(77-17-9-11-19-79(77)92-3)63-35-43-69-67-41-33-61(82(57-25-21-53(49-86)22-26-57)75-15-7-5-13-55(75)51-88)45-71(67)81(73(69)47-63)72-46-62(83(58-27-23-54(50-87)24-28-58)76-16-8-6-14-56(76)52-89)34-42-68(72)70-44-36-64(48-74(70)81)85(60-31-39-66(91-2)40-32-60)78-18-10-12-20-80(78)93-4/h5-48,86-89H,49-52H2,1-4H3. The number of hydrogen-bond acceptors (Lipinski definition) is 12. The fourth-order valence-electron chi connectivity index (χ4n) is 13.8. The minimum Gasteiger partial charge on any atom is -0.497 e. The summed E-state index contributed by atoms with van der Waals surface area (Å²) in [7, 11) is 6.74. The number of benzene rings is 12. The van der Waals surface area contributed by atoms with Gasteiger partial charge in [0.2, 0.25) is 0 Å². The summed E-state index contributed by atoms with van der Waals surface area (Å²) in [5.41, 5.74) is 20.1. The molecule has 0 aromatic heterocycles. The number of aliphatic hydroxyl groups excluding tert-OH is 4. The first-order valence-corrected chi connectivity index (χ1v) is 30.9. The van der Waals surface area contributed by atoms with Gasteiger partial charge in [0.05, 0.1) is 83.0 Å². The zero-order valence-corrected chi connectivity index (χ0v) is 51.9. The van der Waals surface area contributed by atoms with Crippen LogP contribution >= 0.6 is 0 Å². The van der Waals surface area contributed by atoms with E-state index in [-0.39, 0.29) is 26.4 Å². The van der Waals surface area contributed by atoms with Gasteiger partial charge in [0.15, 0.2) is 0 Å². The molecule has 2 aliphatic rings. The first-order valence-electron chi connectivity index (χ1n) is 30.9. The van der Waals surface area contributed by atoms with Crippen molar-refractivity contribution in [1.82, 2.24) is 0 Å². The summed E-state index contributed by atoms with van der Waals surface area (Å²) in [5.74, 6) is 2.81. The first-order chi connectivity index (χ1) is 45.7. The third-order valence-corrected chi connectivity index (χ3v) is 18.1. The van der Waals surface area contributed by atoms with Crippen molar-refractivity contribution >= 4 is 68.2 Å². The van der Waals surface area contributed by atoms with Crippen LogP contribution in [-0.4, -0.2) is 48.9 Å². The minimum absolute atomic E-state index is 0.116. The molecular formula is C81H68N4O8. The largest absolute Gasteiger partial charge is 0.497 e. The van der Waals surface area contributed by atoms with Crippen LogP contribution in [0.4, 0.5) is 68.2 Å². The molecule has 0 aliphatic heterocycles. The van der Waals surface area contributed by atoms with Crippen molar-refractivity contribution in [2.24, 2.45) is 0 Å². The van der Waals surface area contributed by atoms with E-state index in [2.05, 4.69) is 129 Å². The van der Waals surface area contributed by atoms with E-state index in [4.69, 9.17) is 18.9 Å². The second-order valence-corrected chi connectivity index (χ2v) is 23.0. The lowest BCUT2D eigenvalue weighted by atomic mass is 9.70. The molecule has 1 spiro atoms. The molecular weight excluding hydrogens is 1160 g/mol. The number of fused-ring (bicyclic) bond motifs is 10. The van der Waals surface area contributed by atoms with Gasteiger partial charge in [-0.3, -0.25) is 0 Å². The highest BCUT2D eigenvalue weighted by atomic mass is 16.5. The van der Waals surface area contributed by atoms with Gasteiger partial charge in [0.25, 0.3) is 0 Å². The molecule has 0 heterocycles. The Kier molecular flexibility index (Phi) is 16.2. The lowest BCUT2D eigenvalue weighted by Gasteiger charge is -2.35. The molecule has 460 valence electrons. The molecule has 0 bridgehead atoms. The van der Waals surface area contributed by atoms with Crippen molar-refractivity contribution < 1.29 is 39.4 Å². The molecule has 2 aliphatic carbocycles. The van der Waals surface area contributed by atoms with Gasteiger partial charge in [-0.05, 0) is 213 Å². The molecule has 0 saturated carbocycles. The Hall–Kier alpha value is -11.1. The van der Waals surface area contributed by atoms with Gasteiger partial charge >= 0.3 is 0 Å². The molecule has 0 unspecified atom stereocenters. The highest BCUT2D eigenvalue weighted by molar-refractivity contribution is 6.00. The van der Waals surface area contributed by atoms with Crippen molar-refractivity contribution in [1.29, 1.82) is 0 Å². The highest BCUT2D eigenvalue weighted by Crippen LogP contribution is 2.66. The number of rotatable bonds is 20. The maximum Gasteiger partial charge on any atom is 0.142 e. The van der Waals surface area contributed by atoms with Gasteiger partial charge in [-0.2, -0.15) is 0 Å². The van der Waals surface area contributed by atoms with Gasteiger partial charge in [0.1, 0.15) is 23.0 Å². The van der Waals surface area contributed by atoms with Crippen LogP contribution in [0.25, 0.3) is 22.3 Å². The predicted octanol–water partition coefficient (Wildman–Crippen LogP) is 17.9. The maximum atomic E-state index is 11.2. The summed E-state index contributed by atoms with van der Waals surface area (Å²) in [6.07, 6.45) is 0. The van der Waals surface area contributed by atoms with Gasteiger partial charge in [-0.15, -0.1) is 0 Å². The maximum absolute atomic E-state index is 11.2. The van der Waals surface area contributed by atoms with E-state index in [1.54, 1.807) is 28.4 Å². The van der Waals surface area contributed by atoms with Crippen molar-refractivity contribution in [3.63, 3.8) is 0 Å². The Morgan fingerprint density at radius 3 is 0.828 bits per heavy atom. The number of anilines is 12. The average molecular weight is 1230 g/mol. The molecule has 4 N–H and O–H groups in total. The molecule has 12 heteroatoms. The summed E-state index contributed by atoms with van der Waals surface area (Å²) < 4.78 is 23.9. The fraction of sp³-hybridized carbons (Fsp3) is 0.111. The summed E-state index contributed by atoms with van der Waals surface area (Å²) in [4.78, 5) is 8.88. The van der Waals surface area contributed by atoms with Crippen LogP contribution in [0.15, 0.2) is 267 Å². The van der Waals surface area contributed by atoms with Crippen LogP contribution in [-0.2, 0) is 31.8 Å². The smallest absolute Gasteiger partial charge is 0.142 e. The van der Waals surface area contributed by atoms with Crippen LogP contribution in [0.5, 0.6) is 23.0 Å². The SMILES string of the molecule is COc1ccc(N(c2ccc3c(c2)C2(c4cc(N(c5ccc(CO)cc5)c5ccccc5CO)ccc4-3)c3cc(N(c4ccc(CO)cc4)c4ccccc4CO)ccc3-c3ccc(N(c4ccc(OC)cc4)c4ccccc4OC)cc32)c2ccccc2OC)cc1. The number of para-hydroxylation sites is 6. The van der Waals surface area contributed by atoms with E-state index in [0.717, 1.165) is 147 Å². The molecule has 0 saturated heterocycles. The monoisotopic (exact) mass is 1220 g/mol. The van der Waals surface area contributed by atoms with Crippen LogP contribution in [0, 0.1) is 0 Å². The quantitative estimate of drug-likeness (QED) is 0.0579. The van der Waals surface area contributed by atoms with E-state index in [0.29, 0.717) is 11.5 Å². The van der Waals surface area contributed by atoms with Crippen molar-refractivity contribution in [3.8, 4) is 45.3 Å². The number of hydrogen-bond donors (Lipinski definition) is 4. The van der Waals surface area contributed by atoms with Gasteiger partial charge in [-0.25, -0.2) is 0 Å². The summed E-state index contributed by atoms with van der Waals surface area (Å²) in [5, 5.41) is 43.0. The normalized spacial score (nSPS) is 12.1. The second kappa shape index (κ2) is 25.3. The zero-order valence-electron chi connectivity index (χ0n) is 51.9. The molecule has 14 rings (SSSR count). The van der Waals surface area contributed by atoms with E-state index >= 15 is 0 Å². The molecule has 12 aromatic carbocycles. The van der Waals surface area contributed by atoms with Crippen LogP contribution in [0.2, 0.25) is 0 Å². The first kappa shape index (κ1) is 59.5. The van der Waals surface area contributed by atoms with Crippen LogP contribution < -0.4 is 38.5 Å². The highest BCUT2D eigenvalue weighted by Gasteiger charge is 2.53. The Balaban J connectivity index is 1.12. The summed E-state index contributed by atoms with van der Waals surface area (Å²) >= 11 is 0. The third-order valence-electron chi connectivity index (χ3n) is 18.1. The topological polar surface area (TPSA) is 131 Å². The average Bonchev–Trinajstić information content (AvgIpc) is 1.51. The van der Waals surface area contributed by atoms with E-state index in [1.165, 1.54) is 0 Å². The van der Waals surface area contributed by atoms with Crippen molar-refractivity contribution in [2.45, 2.75) is 31.8 Å².